The Kier molecular flexibility index (Phi) is 4.88. The molecule has 1 aromatic carbocycles. The Morgan fingerprint density at radius 2 is 1.84 bits per heavy atom. The lowest BCUT2D eigenvalue weighted by atomic mass is 9.92. The molecule has 0 bridgehead atoms. The van der Waals surface area contributed by atoms with Crippen molar-refractivity contribution in [1.29, 1.82) is 0 Å². The highest BCUT2D eigenvalue weighted by Crippen LogP contribution is 2.34. The van der Waals surface area contributed by atoms with Crippen LogP contribution in [0.5, 0.6) is 5.88 Å². The molecule has 1 saturated carbocycles. The van der Waals surface area contributed by atoms with Gasteiger partial charge in [0.25, 0.3) is 0 Å². The molecule has 0 unspecified atom stereocenters. The van der Waals surface area contributed by atoms with Crippen LogP contribution in [-0.2, 0) is 11.3 Å². The number of hydrogen-bond acceptors (Lipinski definition) is 4. The van der Waals surface area contributed by atoms with Gasteiger partial charge in [0.2, 0.25) is 5.88 Å². The molecule has 2 heterocycles. The molecule has 1 aliphatic rings. The third kappa shape index (κ3) is 3.78. The van der Waals surface area contributed by atoms with Gasteiger partial charge in [-0.1, -0.05) is 41.9 Å². The van der Waals surface area contributed by atoms with Crippen molar-refractivity contribution in [2.75, 3.05) is 0 Å². The number of hydrogen-bond donors (Lipinski definition) is 0. The summed E-state index contributed by atoms with van der Waals surface area (Å²) in [5, 5.41) is 2.25. The van der Waals surface area contributed by atoms with Crippen LogP contribution in [0, 0.1) is 0 Å². The van der Waals surface area contributed by atoms with Crippen molar-refractivity contribution in [2.24, 2.45) is 0 Å². The second-order valence-corrected chi connectivity index (χ2v) is 7.34. The lowest BCUT2D eigenvalue weighted by Crippen LogP contribution is -2.39. The van der Waals surface area contributed by atoms with Crippen molar-refractivity contribution in [3.8, 4) is 5.88 Å². The fourth-order valence-corrected chi connectivity index (χ4v) is 3.43. The molecule has 0 atom stereocenters. The minimum absolute atomic E-state index is 0.119. The van der Waals surface area contributed by atoms with Crippen LogP contribution >= 0.6 is 27.5 Å². The highest BCUT2D eigenvalue weighted by molar-refractivity contribution is 9.10. The Hall–Kier alpha value is -1.69. The van der Waals surface area contributed by atoms with E-state index in [9.17, 15) is 0 Å². The summed E-state index contributed by atoms with van der Waals surface area (Å²) < 4.78 is 12.8. The topological polar surface area (TPSA) is 44.2 Å². The number of aromatic nitrogens is 2. The molecule has 0 aliphatic heterocycles. The van der Waals surface area contributed by atoms with Crippen molar-refractivity contribution in [1.82, 2.24) is 9.97 Å². The summed E-state index contributed by atoms with van der Waals surface area (Å²) in [7, 11) is 0. The first-order valence-corrected chi connectivity index (χ1v) is 9.28. The highest BCUT2D eigenvalue weighted by atomic mass is 79.9. The predicted octanol–water partition coefficient (Wildman–Crippen LogP) is 5.17. The van der Waals surface area contributed by atoms with Gasteiger partial charge in [-0.3, -0.25) is 0 Å². The Morgan fingerprint density at radius 3 is 2.64 bits per heavy atom. The Bertz CT molecular complexity index is 885. The third-order valence-corrected chi connectivity index (χ3v) is 5.15. The SMILES string of the molecule is Clc1cc2c(Br)cnc(OC3CC(OCc4ccccc4)C3)c2cn1. The van der Waals surface area contributed by atoms with Crippen molar-refractivity contribution < 1.29 is 9.47 Å². The van der Waals surface area contributed by atoms with Crippen molar-refractivity contribution in [3.63, 3.8) is 0 Å². The van der Waals surface area contributed by atoms with Gasteiger partial charge >= 0.3 is 0 Å². The number of ether oxygens (including phenoxy) is 2. The van der Waals surface area contributed by atoms with E-state index in [0.29, 0.717) is 17.6 Å². The molecule has 0 saturated heterocycles. The summed E-state index contributed by atoms with van der Waals surface area (Å²) >= 11 is 9.47. The normalized spacial score (nSPS) is 19.6. The lowest BCUT2D eigenvalue weighted by Gasteiger charge is -2.35. The average Bonchev–Trinajstić information content (AvgIpc) is 2.60. The molecule has 4 rings (SSSR count). The number of nitrogens with zero attached hydrogens (tertiary/aromatic N) is 2. The van der Waals surface area contributed by atoms with Crippen molar-refractivity contribution in [2.45, 2.75) is 31.7 Å². The zero-order valence-electron chi connectivity index (χ0n) is 13.4. The van der Waals surface area contributed by atoms with Crippen LogP contribution in [0.25, 0.3) is 10.8 Å². The van der Waals surface area contributed by atoms with E-state index in [2.05, 4.69) is 38.0 Å². The molecular formula is C19H16BrClN2O2. The molecule has 0 spiro atoms. The first-order chi connectivity index (χ1) is 12.2. The van der Waals surface area contributed by atoms with E-state index in [0.717, 1.165) is 28.1 Å². The van der Waals surface area contributed by atoms with Gasteiger partial charge in [0, 0.05) is 35.1 Å². The van der Waals surface area contributed by atoms with Crippen LogP contribution < -0.4 is 4.74 Å². The summed E-state index contributed by atoms with van der Waals surface area (Å²) in [5.41, 5.74) is 1.19. The van der Waals surface area contributed by atoms with Gasteiger partial charge in [-0.15, -0.1) is 0 Å². The van der Waals surface area contributed by atoms with E-state index in [-0.39, 0.29) is 12.2 Å². The van der Waals surface area contributed by atoms with Gasteiger partial charge in [0.05, 0.1) is 18.1 Å². The van der Waals surface area contributed by atoms with Gasteiger partial charge in [0.15, 0.2) is 0 Å². The molecule has 4 nitrogen and oxygen atoms in total. The average molecular weight is 420 g/mol. The standard InChI is InChI=1S/C19H16BrClN2O2/c20-17-10-23-19(16-9-22-18(21)8-15(16)17)25-14-6-13(7-14)24-11-12-4-2-1-3-5-12/h1-5,8-10,13-14H,6-7,11H2. The Labute approximate surface area is 159 Å². The molecule has 25 heavy (non-hydrogen) atoms. The largest absolute Gasteiger partial charge is 0.474 e. The summed E-state index contributed by atoms with van der Waals surface area (Å²) in [5.74, 6) is 0.592. The van der Waals surface area contributed by atoms with Crippen LogP contribution in [0.4, 0.5) is 0 Å². The van der Waals surface area contributed by atoms with Gasteiger partial charge in [-0.05, 0) is 27.6 Å². The van der Waals surface area contributed by atoms with Crippen LogP contribution in [0.15, 0.2) is 53.3 Å². The van der Waals surface area contributed by atoms with E-state index in [1.807, 2.05) is 24.3 Å². The molecule has 6 heteroatoms. The zero-order chi connectivity index (χ0) is 17.2. The molecule has 2 aromatic heterocycles. The lowest BCUT2D eigenvalue weighted by molar-refractivity contribution is -0.0690. The molecule has 128 valence electrons. The summed E-state index contributed by atoms with van der Waals surface area (Å²) in [6, 6.07) is 12.0. The van der Waals surface area contributed by atoms with Gasteiger partial charge in [0.1, 0.15) is 11.3 Å². The summed E-state index contributed by atoms with van der Waals surface area (Å²) in [6.45, 7) is 0.639. The highest BCUT2D eigenvalue weighted by Gasteiger charge is 2.32. The summed E-state index contributed by atoms with van der Waals surface area (Å²) in [4.78, 5) is 8.52. The van der Waals surface area contributed by atoms with Crippen molar-refractivity contribution >= 4 is 38.3 Å². The fraction of sp³-hybridized carbons (Fsp3) is 0.263. The minimum Gasteiger partial charge on any atom is -0.474 e. The molecular weight excluding hydrogens is 404 g/mol. The number of halogens is 2. The Morgan fingerprint density at radius 1 is 1.04 bits per heavy atom. The van der Waals surface area contributed by atoms with Crippen LogP contribution in [0.2, 0.25) is 5.15 Å². The third-order valence-electron chi connectivity index (χ3n) is 4.31. The van der Waals surface area contributed by atoms with Gasteiger partial charge < -0.3 is 9.47 Å². The number of rotatable bonds is 5. The van der Waals surface area contributed by atoms with Gasteiger partial charge in [-0.2, -0.15) is 0 Å². The maximum atomic E-state index is 6.05. The van der Waals surface area contributed by atoms with E-state index in [4.69, 9.17) is 21.1 Å². The fourth-order valence-electron chi connectivity index (χ4n) is 2.84. The minimum atomic E-state index is 0.119. The molecule has 3 aromatic rings. The molecule has 1 fully saturated rings. The predicted molar refractivity (Wildman–Crippen MR) is 101 cm³/mol. The first kappa shape index (κ1) is 16.8. The van der Waals surface area contributed by atoms with Crippen LogP contribution in [-0.4, -0.2) is 22.2 Å². The van der Waals surface area contributed by atoms with E-state index in [1.54, 1.807) is 12.4 Å². The van der Waals surface area contributed by atoms with E-state index in [1.165, 1.54) is 5.56 Å². The molecule has 1 aliphatic carbocycles. The molecule has 0 N–H and O–H groups in total. The summed E-state index contributed by atoms with van der Waals surface area (Å²) in [6.07, 6.45) is 5.52. The van der Waals surface area contributed by atoms with Crippen LogP contribution in [0.3, 0.4) is 0 Å². The number of fused-ring (bicyclic) bond motifs is 1. The maximum absolute atomic E-state index is 6.05. The van der Waals surface area contributed by atoms with Crippen molar-refractivity contribution in [3.05, 3.63) is 64.0 Å². The monoisotopic (exact) mass is 418 g/mol. The first-order valence-electron chi connectivity index (χ1n) is 8.11. The second kappa shape index (κ2) is 7.28. The zero-order valence-corrected chi connectivity index (χ0v) is 15.7. The molecule has 0 radical (unpaired) electrons. The van der Waals surface area contributed by atoms with E-state index < -0.39 is 0 Å². The number of benzene rings is 1. The number of pyridine rings is 2. The Balaban J connectivity index is 1.37. The molecule has 0 amide bonds. The van der Waals surface area contributed by atoms with Gasteiger partial charge in [-0.25, -0.2) is 9.97 Å². The second-order valence-electron chi connectivity index (χ2n) is 6.09. The van der Waals surface area contributed by atoms with E-state index >= 15 is 0 Å². The maximum Gasteiger partial charge on any atom is 0.223 e. The quantitative estimate of drug-likeness (QED) is 0.535. The smallest absolute Gasteiger partial charge is 0.223 e. The van der Waals surface area contributed by atoms with Crippen LogP contribution in [0.1, 0.15) is 18.4 Å².